The molecule has 3 rings (SSSR count). The Balaban J connectivity index is 1.70. The SMILES string of the molecule is CC(Sc1nnc(-c2ccc(F)cc2)n1C)C(=O)Nc1ccnn1C(C)C. The van der Waals surface area contributed by atoms with E-state index in [0.29, 0.717) is 16.8 Å². The Morgan fingerprint density at radius 1 is 1.15 bits per heavy atom. The highest BCUT2D eigenvalue weighted by Crippen LogP contribution is 2.26. The number of halogens is 1. The van der Waals surface area contributed by atoms with E-state index in [0.717, 1.165) is 5.56 Å². The van der Waals surface area contributed by atoms with Crippen LogP contribution in [0.3, 0.4) is 0 Å². The van der Waals surface area contributed by atoms with Crippen molar-refractivity contribution in [2.24, 2.45) is 7.05 Å². The van der Waals surface area contributed by atoms with Crippen LogP contribution < -0.4 is 5.32 Å². The molecule has 1 amide bonds. The molecule has 0 saturated carbocycles. The summed E-state index contributed by atoms with van der Waals surface area (Å²) in [6, 6.07) is 7.98. The number of nitrogens with zero attached hydrogens (tertiary/aromatic N) is 5. The molecule has 1 unspecified atom stereocenters. The van der Waals surface area contributed by atoms with E-state index in [4.69, 9.17) is 0 Å². The number of aromatic nitrogens is 5. The van der Waals surface area contributed by atoms with E-state index >= 15 is 0 Å². The third kappa shape index (κ3) is 4.19. The number of rotatable bonds is 6. The van der Waals surface area contributed by atoms with Gasteiger partial charge in [-0.1, -0.05) is 11.8 Å². The van der Waals surface area contributed by atoms with Crippen LogP contribution in [0.4, 0.5) is 10.2 Å². The summed E-state index contributed by atoms with van der Waals surface area (Å²) >= 11 is 1.31. The van der Waals surface area contributed by atoms with Crippen LogP contribution in [0.2, 0.25) is 0 Å². The van der Waals surface area contributed by atoms with Gasteiger partial charge in [0.05, 0.1) is 11.4 Å². The fourth-order valence-electron chi connectivity index (χ4n) is 2.53. The van der Waals surface area contributed by atoms with Crippen molar-refractivity contribution in [2.75, 3.05) is 5.32 Å². The molecule has 0 fully saturated rings. The van der Waals surface area contributed by atoms with Gasteiger partial charge < -0.3 is 9.88 Å². The van der Waals surface area contributed by atoms with E-state index in [9.17, 15) is 9.18 Å². The van der Waals surface area contributed by atoms with Crippen LogP contribution in [-0.2, 0) is 11.8 Å². The standard InChI is InChI=1S/C18H21FN6OS/c1-11(2)25-15(9-10-20-25)21-17(26)12(3)27-18-23-22-16(24(18)4)13-5-7-14(19)8-6-13/h5-12H,1-4H3,(H,21,26). The Hall–Kier alpha value is -2.68. The Kier molecular flexibility index (Phi) is 5.59. The molecule has 1 aromatic carbocycles. The molecule has 0 aliphatic rings. The molecule has 0 aliphatic heterocycles. The number of hydrogen-bond acceptors (Lipinski definition) is 5. The predicted molar refractivity (Wildman–Crippen MR) is 103 cm³/mol. The molecule has 0 saturated heterocycles. The monoisotopic (exact) mass is 388 g/mol. The number of anilines is 1. The highest BCUT2D eigenvalue weighted by molar-refractivity contribution is 8.00. The summed E-state index contributed by atoms with van der Waals surface area (Å²) in [6.45, 7) is 5.80. The summed E-state index contributed by atoms with van der Waals surface area (Å²) in [5.41, 5.74) is 0.760. The van der Waals surface area contributed by atoms with Crippen LogP contribution in [0.25, 0.3) is 11.4 Å². The van der Waals surface area contributed by atoms with E-state index in [1.165, 1.54) is 23.9 Å². The lowest BCUT2D eigenvalue weighted by Crippen LogP contribution is -2.25. The van der Waals surface area contributed by atoms with Crippen LogP contribution in [0, 0.1) is 5.82 Å². The van der Waals surface area contributed by atoms with Gasteiger partial charge in [-0.3, -0.25) is 4.79 Å². The van der Waals surface area contributed by atoms with E-state index < -0.39 is 0 Å². The third-order valence-electron chi connectivity index (χ3n) is 4.00. The second-order valence-corrected chi connectivity index (χ2v) is 7.68. The first kappa shape index (κ1) is 19.1. The number of benzene rings is 1. The lowest BCUT2D eigenvalue weighted by Gasteiger charge is -2.14. The molecule has 142 valence electrons. The van der Waals surface area contributed by atoms with Crippen LogP contribution in [-0.4, -0.2) is 35.7 Å². The molecule has 0 aliphatic carbocycles. The van der Waals surface area contributed by atoms with Gasteiger partial charge in [-0.05, 0) is 45.0 Å². The highest BCUT2D eigenvalue weighted by atomic mass is 32.2. The smallest absolute Gasteiger partial charge is 0.238 e. The lowest BCUT2D eigenvalue weighted by atomic mass is 10.2. The van der Waals surface area contributed by atoms with Crippen molar-refractivity contribution in [3.63, 3.8) is 0 Å². The quantitative estimate of drug-likeness (QED) is 0.654. The molecule has 1 N–H and O–H groups in total. The average Bonchev–Trinajstić information content (AvgIpc) is 3.23. The lowest BCUT2D eigenvalue weighted by molar-refractivity contribution is -0.115. The minimum absolute atomic E-state index is 0.145. The number of carbonyl (C=O) groups excluding carboxylic acids is 1. The third-order valence-corrected chi connectivity index (χ3v) is 5.13. The summed E-state index contributed by atoms with van der Waals surface area (Å²) < 4.78 is 16.7. The van der Waals surface area contributed by atoms with Crippen molar-refractivity contribution in [1.29, 1.82) is 0 Å². The first-order valence-electron chi connectivity index (χ1n) is 8.53. The van der Waals surface area contributed by atoms with Crippen LogP contribution >= 0.6 is 11.8 Å². The van der Waals surface area contributed by atoms with Gasteiger partial charge in [0.2, 0.25) is 5.91 Å². The van der Waals surface area contributed by atoms with Gasteiger partial charge in [0.1, 0.15) is 11.6 Å². The van der Waals surface area contributed by atoms with Gasteiger partial charge in [-0.2, -0.15) is 5.10 Å². The van der Waals surface area contributed by atoms with Gasteiger partial charge in [0.25, 0.3) is 0 Å². The van der Waals surface area contributed by atoms with Crippen molar-refractivity contribution < 1.29 is 9.18 Å². The molecule has 2 heterocycles. The van der Waals surface area contributed by atoms with Gasteiger partial charge in [-0.15, -0.1) is 10.2 Å². The average molecular weight is 388 g/mol. The maximum Gasteiger partial charge on any atom is 0.238 e. The summed E-state index contributed by atoms with van der Waals surface area (Å²) in [5.74, 6) is 0.825. The molecule has 0 spiro atoms. The van der Waals surface area contributed by atoms with Crippen molar-refractivity contribution in [2.45, 2.75) is 37.2 Å². The van der Waals surface area contributed by atoms with Crippen molar-refractivity contribution in [1.82, 2.24) is 24.5 Å². The predicted octanol–water partition coefficient (Wildman–Crippen LogP) is 3.52. The zero-order valence-corrected chi connectivity index (χ0v) is 16.4. The van der Waals surface area contributed by atoms with Gasteiger partial charge in [-0.25, -0.2) is 9.07 Å². The first-order chi connectivity index (χ1) is 12.9. The molecule has 9 heteroatoms. The zero-order chi connectivity index (χ0) is 19.6. The van der Waals surface area contributed by atoms with E-state index in [-0.39, 0.29) is 23.0 Å². The molecule has 7 nitrogen and oxygen atoms in total. The van der Waals surface area contributed by atoms with E-state index in [1.807, 2.05) is 27.8 Å². The Morgan fingerprint density at radius 3 is 2.52 bits per heavy atom. The second-order valence-electron chi connectivity index (χ2n) is 6.38. The number of nitrogens with one attached hydrogen (secondary N) is 1. The first-order valence-corrected chi connectivity index (χ1v) is 9.41. The van der Waals surface area contributed by atoms with Crippen LogP contribution in [0.15, 0.2) is 41.7 Å². The fourth-order valence-corrected chi connectivity index (χ4v) is 3.35. The Bertz CT molecular complexity index is 934. The molecule has 27 heavy (non-hydrogen) atoms. The van der Waals surface area contributed by atoms with Crippen molar-refractivity contribution in [3.8, 4) is 11.4 Å². The Labute approximate surface area is 161 Å². The second kappa shape index (κ2) is 7.91. The molecule has 0 bridgehead atoms. The van der Waals surface area contributed by atoms with Crippen molar-refractivity contribution >= 4 is 23.5 Å². The topological polar surface area (TPSA) is 77.6 Å². The molecular weight excluding hydrogens is 367 g/mol. The summed E-state index contributed by atoms with van der Waals surface area (Å²) in [7, 11) is 1.82. The minimum atomic E-state index is -0.385. The largest absolute Gasteiger partial charge is 0.310 e. The molecule has 2 aromatic heterocycles. The number of hydrogen-bond donors (Lipinski definition) is 1. The minimum Gasteiger partial charge on any atom is -0.310 e. The number of amides is 1. The van der Waals surface area contributed by atoms with E-state index in [1.54, 1.807) is 33.6 Å². The molecular formula is C18H21FN6OS. The van der Waals surface area contributed by atoms with Gasteiger partial charge in [0, 0.05) is 24.7 Å². The maximum atomic E-state index is 13.1. The molecule has 3 aromatic rings. The van der Waals surface area contributed by atoms with E-state index in [2.05, 4.69) is 20.6 Å². The normalized spacial score (nSPS) is 12.4. The number of thioether (sulfide) groups is 1. The van der Waals surface area contributed by atoms with Gasteiger partial charge >= 0.3 is 0 Å². The maximum absolute atomic E-state index is 13.1. The van der Waals surface area contributed by atoms with Crippen LogP contribution in [0.5, 0.6) is 0 Å². The van der Waals surface area contributed by atoms with Crippen molar-refractivity contribution in [3.05, 3.63) is 42.3 Å². The fraction of sp³-hybridized carbons (Fsp3) is 0.333. The molecule has 1 atom stereocenters. The van der Waals surface area contributed by atoms with Gasteiger partial charge in [0.15, 0.2) is 11.0 Å². The zero-order valence-electron chi connectivity index (χ0n) is 15.5. The van der Waals surface area contributed by atoms with Crippen LogP contribution in [0.1, 0.15) is 26.8 Å². The summed E-state index contributed by atoms with van der Waals surface area (Å²) in [6.07, 6.45) is 1.66. The molecule has 0 radical (unpaired) electrons. The number of carbonyl (C=O) groups is 1. The summed E-state index contributed by atoms with van der Waals surface area (Å²) in [4.78, 5) is 12.5. The Morgan fingerprint density at radius 2 is 1.85 bits per heavy atom. The summed E-state index contributed by atoms with van der Waals surface area (Å²) in [5, 5.41) is 15.7. The highest BCUT2D eigenvalue weighted by Gasteiger charge is 2.21.